The van der Waals surface area contributed by atoms with Crippen LogP contribution in [-0.2, 0) is 16.1 Å². The second-order valence-corrected chi connectivity index (χ2v) is 11.9. The molecule has 3 N–H and O–H groups in total. The van der Waals surface area contributed by atoms with Gasteiger partial charge >= 0.3 is 6.03 Å². The molecule has 0 radical (unpaired) electrons. The van der Waals surface area contributed by atoms with Crippen LogP contribution in [0.1, 0.15) is 52.5 Å². The predicted molar refractivity (Wildman–Crippen MR) is 157 cm³/mol. The lowest BCUT2D eigenvalue weighted by atomic mass is 9.84. The van der Waals surface area contributed by atoms with Gasteiger partial charge in [0.05, 0.1) is 18.8 Å². The second-order valence-electron chi connectivity index (χ2n) is 9.41. The van der Waals surface area contributed by atoms with Gasteiger partial charge in [-0.15, -0.1) is 10.2 Å². The molecule has 3 aromatic carbocycles. The topological polar surface area (TPSA) is 106 Å². The molecule has 2 heterocycles. The average Bonchev–Trinajstić information content (AvgIpc) is 3.41. The van der Waals surface area contributed by atoms with E-state index in [-0.39, 0.29) is 30.8 Å². The lowest BCUT2D eigenvalue weighted by Gasteiger charge is -2.43. The first-order valence-electron chi connectivity index (χ1n) is 13.2. The Morgan fingerprint density at radius 2 is 1.75 bits per heavy atom. The Labute approximate surface area is 242 Å². The number of aryl methyl sites for hydroxylation is 1. The molecule has 1 aliphatic heterocycles. The number of carbonyl (C=O) groups is 1. The van der Waals surface area contributed by atoms with Gasteiger partial charge in [-0.3, -0.25) is 0 Å². The van der Waals surface area contributed by atoms with Crippen LogP contribution in [0.3, 0.4) is 0 Å². The third-order valence-corrected chi connectivity index (χ3v) is 8.66. The largest absolute Gasteiger partial charge is 0.392 e. The summed E-state index contributed by atoms with van der Waals surface area (Å²) in [4.78, 5) is 12.1. The molecule has 0 bridgehead atoms. The summed E-state index contributed by atoms with van der Waals surface area (Å²) in [7, 11) is 0. The molecule has 208 valence electrons. The number of benzene rings is 3. The first kappa shape index (κ1) is 28.3. The molecule has 5 rings (SSSR count). The number of aliphatic hydroxyl groups is 1. The van der Waals surface area contributed by atoms with Crippen LogP contribution in [0.15, 0.2) is 83.2 Å². The van der Waals surface area contributed by atoms with Crippen LogP contribution >= 0.6 is 23.1 Å². The van der Waals surface area contributed by atoms with E-state index in [2.05, 4.69) is 33.0 Å². The number of nitrogens with zero attached hydrogens (tertiary/aromatic N) is 2. The van der Waals surface area contributed by atoms with Gasteiger partial charge in [0.2, 0.25) is 0 Å². The number of thioether (sulfide) groups is 1. The summed E-state index contributed by atoms with van der Waals surface area (Å²) >= 11 is 3.20. The van der Waals surface area contributed by atoms with Gasteiger partial charge in [0.15, 0.2) is 10.6 Å². The van der Waals surface area contributed by atoms with E-state index >= 15 is 0 Å². The monoisotopic (exact) mass is 576 g/mol. The van der Waals surface area contributed by atoms with Gasteiger partial charge in [-0.25, -0.2) is 4.79 Å². The molecule has 2 amide bonds. The summed E-state index contributed by atoms with van der Waals surface area (Å²) in [6, 6.07) is 25.4. The van der Waals surface area contributed by atoms with Crippen LogP contribution in [0.2, 0.25) is 0 Å². The maximum atomic E-state index is 12.1. The Hall–Kier alpha value is -3.28. The summed E-state index contributed by atoms with van der Waals surface area (Å²) in [6.45, 7) is 4.33. The molecule has 1 fully saturated rings. The average molecular weight is 577 g/mol. The SMILES string of the molecule is CCNC(=O)Nc1cccc(C2O[C@H](CSc3nnc(C)s3)[C@@H](c3ccccc3)[C@H](c3ccc(CO)cc3)O2)c1. The fourth-order valence-corrected chi connectivity index (χ4v) is 6.65. The van der Waals surface area contributed by atoms with E-state index in [0.717, 1.165) is 31.6 Å². The van der Waals surface area contributed by atoms with Crippen LogP contribution in [0, 0.1) is 6.92 Å². The summed E-state index contributed by atoms with van der Waals surface area (Å²) in [6.07, 6.45) is -1.21. The van der Waals surface area contributed by atoms with Crippen molar-refractivity contribution in [2.24, 2.45) is 0 Å². The number of hydrogen-bond donors (Lipinski definition) is 3. The minimum atomic E-state index is -0.666. The van der Waals surface area contributed by atoms with Crippen LogP contribution in [0.25, 0.3) is 0 Å². The molecule has 40 heavy (non-hydrogen) atoms. The van der Waals surface area contributed by atoms with Crippen molar-refractivity contribution in [1.29, 1.82) is 0 Å². The van der Waals surface area contributed by atoms with Crippen molar-refractivity contribution >= 4 is 34.8 Å². The van der Waals surface area contributed by atoms with Crippen molar-refractivity contribution in [1.82, 2.24) is 15.5 Å². The van der Waals surface area contributed by atoms with Crippen LogP contribution < -0.4 is 10.6 Å². The van der Waals surface area contributed by atoms with E-state index in [1.165, 1.54) is 0 Å². The van der Waals surface area contributed by atoms with Crippen molar-refractivity contribution in [3.8, 4) is 0 Å². The van der Waals surface area contributed by atoms with Gasteiger partial charge in [0.1, 0.15) is 5.01 Å². The van der Waals surface area contributed by atoms with Gasteiger partial charge in [-0.2, -0.15) is 0 Å². The first-order valence-corrected chi connectivity index (χ1v) is 15.0. The fourth-order valence-electron chi connectivity index (χ4n) is 4.74. The quantitative estimate of drug-likeness (QED) is 0.203. The van der Waals surface area contributed by atoms with Crippen LogP contribution in [0.5, 0.6) is 0 Å². The van der Waals surface area contributed by atoms with E-state index in [9.17, 15) is 9.90 Å². The summed E-state index contributed by atoms with van der Waals surface area (Å²) in [5, 5.41) is 24.6. The number of hydrogen-bond acceptors (Lipinski definition) is 8. The number of rotatable bonds is 9. The third kappa shape index (κ3) is 6.89. The summed E-state index contributed by atoms with van der Waals surface area (Å²) in [5.41, 5.74) is 4.41. The Morgan fingerprint density at radius 3 is 2.45 bits per heavy atom. The molecular weight excluding hydrogens is 544 g/mol. The van der Waals surface area contributed by atoms with Gasteiger partial charge < -0.3 is 25.2 Å². The molecule has 1 unspecified atom stereocenters. The number of amides is 2. The van der Waals surface area contributed by atoms with Crippen molar-refractivity contribution in [2.45, 2.75) is 49.2 Å². The molecule has 0 saturated carbocycles. The van der Waals surface area contributed by atoms with Gasteiger partial charge in [0.25, 0.3) is 0 Å². The van der Waals surface area contributed by atoms with Crippen molar-refractivity contribution in [3.05, 3.63) is 106 Å². The molecule has 1 aromatic heterocycles. The summed E-state index contributed by atoms with van der Waals surface area (Å²) in [5.74, 6) is 0.548. The number of ether oxygens (including phenoxy) is 2. The van der Waals surface area contributed by atoms with Gasteiger partial charge in [-0.1, -0.05) is 89.8 Å². The summed E-state index contributed by atoms with van der Waals surface area (Å²) < 4.78 is 14.4. The zero-order chi connectivity index (χ0) is 27.9. The zero-order valence-electron chi connectivity index (χ0n) is 22.3. The Morgan fingerprint density at radius 1 is 0.975 bits per heavy atom. The number of urea groups is 1. The van der Waals surface area contributed by atoms with E-state index in [1.54, 1.807) is 23.1 Å². The number of nitrogens with one attached hydrogen (secondary N) is 2. The molecule has 10 heteroatoms. The number of aromatic nitrogens is 2. The molecule has 4 aromatic rings. The van der Waals surface area contributed by atoms with E-state index in [0.29, 0.717) is 18.0 Å². The van der Waals surface area contributed by atoms with Gasteiger partial charge in [-0.05, 0) is 42.7 Å². The standard InChI is InChI=1S/C30H32N4O4S2/c1-3-31-29(36)32-24-11-7-10-23(16-24)28-37-25(18-39-30-34-33-19(2)40-30)26(21-8-5-4-6-9-21)27(38-28)22-14-12-20(17-35)13-15-22/h4-16,25-28,35H,3,17-18H2,1-2H3,(H2,31,32,36)/t25-,26-,27+,28?/m1/s1. The minimum Gasteiger partial charge on any atom is -0.392 e. The number of carbonyl (C=O) groups excluding carboxylic acids is 1. The highest BCUT2D eigenvalue weighted by Gasteiger charge is 2.42. The fraction of sp³-hybridized carbons (Fsp3) is 0.300. The Kier molecular flexibility index (Phi) is 9.45. The van der Waals surface area contributed by atoms with Crippen molar-refractivity contribution in [3.63, 3.8) is 0 Å². The Balaban J connectivity index is 1.50. The molecule has 1 aliphatic rings. The number of anilines is 1. The highest BCUT2D eigenvalue weighted by Crippen LogP contribution is 2.48. The maximum absolute atomic E-state index is 12.1. The number of aliphatic hydroxyl groups excluding tert-OH is 1. The molecule has 0 spiro atoms. The first-order chi connectivity index (χ1) is 19.5. The smallest absolute Gasteiger partial charge is 0.319 e. The normalized spacial score (nSPS) is 20.7. The Bertz CT molecular complexity index is 1400. The molecular formula is C30H32N4O4S2. The second kappa shape index (κ2) is 13.4. The molecule has 4 atom stereocenters. The van der Waals surface area contributed by atoms with E-state index < -0.39 is 6.29 Å². The maximum Gasteiger partial charge on any atom is 0.319 e. The van der Waals surface area contributed by atoms with E-state index in [4.69, 9.17) is 9.47 Å². The lowest BCUT2D eigenvalue weighted by Crippen LogP contribution is -2.38. The highest BCUT2D eigenvalue weighted by molar-refractivity contribution is 8.01. The molecule has 0 aliphatic carbocycles. The van der Waals surface area contributed by atoms with E-state index in [1.807, 2.05) is 80.6 Å². The minimum absolute atomic E-state index is 0.0222. The zero-order valence-corrected chi connectivity index (χ0v) is 24.0. The van der Waals surface area contributed by atoms with Crippen molar-refractivity contribution < 1.29 is 19.4 Å². The van der Waals surface area contributed by atoms with Gasteiger partial charge in [0, 0.05) is 29.5 Å². The predicted octanol–water partition coefficient (Wildman–Crippen LogP) is 6.21. The molecule has 1 saturated heterocycles. The third-order valence-electron chi connectivity index (χ3n) is 6.60. The van der Waals surface area contributed by atoms with Crippen LogP contribution in [0.4, 0.5) is 10.5 Å². The van der Waals surface area contributed by atoms with Crippen LogP contribution in [-0.4, -0.2) is 39.7 Å². The lowest BCUT2D eigenvalue weighted by molar-refractivity contribution is -0.255. The molecule has 8 nitrogen and oxygen atoms in total. The van der Waals surface area contributed by atoms with Crippen molar-refractivity contribution in [2.75, 3.05) is 17.6 Å². The highest BCUT2D eigenvalue weighted by atomic mass is 32.2.